The number of amides is 1. The van der Waals surface area contributed by atoms with Crippen LogP contribution in [0.2, 0.25) is 5.15 Å². The highest BCUT2D eigenvalue weighted by Gasteiger charge is 2.15. The van der Waals surface area contributed by atoms with Crippen molar-refractivity contribution < 1.29 is 9.18 Å². The molecule has 0 saturated carbocycles. The zero-order valence-electron chi connectivity index (χ0n) is 11.8. The minimum absolute atomic E-state index is 0.174. The van der Waals surface area contributed by atoms with Crippen molar-refractivity contribution in [1.82, 2.24) is 14.9 Å². The standard InChI is InChI=1S/C16H13ClFN3O/c1-21(9-10-2-5-15(17)19-8-10)16(22)14-7-11-6-12(18)3-4-13(11)20-14/h2-8,20H,9H2,1H3. The molecule has 1 aromatic carbocycles. The Morgan fingerprint density at radius 3 is 2.86 bits per heavy atom. The number of nitrogens with zero attached hydrogens (tertiary/aromatic N) is 2. The van der Waals surface area contributed by atoms with Gasteiger partial charge in [-0.1, -0.05) is 17.7 Å². The Kier molecular flexibility index (Phi) is 3.81. The number of pyridine rings is 1. The first-order valence-corrected chi connectivity index (χ1v) is 7.05. The van der Waals surface area contributed by atoms with E-state index in [2.05, 4.69) is 9.97 Å². The number of fused-ring (bicyclic) bond motifs is 1. The molecule has 3 aromatic rings. The van der Waals surface area contributed by atoms with Gasteiger partial charge in [0.05, 0.1) is 0 Å². The molecule has 0 atom stereocenters. The Hall–Kier alpha value is -2.40. The Labute approximate surface area is 131 Å². The van der Waals surface area contributed by atoms with Crippen molar-refractivity contribution in [2.75, 3.05) is 7.05 Å². The molecule has 0 bridgehead atoms. The van der Waals surface area contributed by atoms with Gasteiger partial charge in [0.1, 0.15) is 16.7 Å². The first-order valence-electron chi connectivity index (χ1n) is 6.67. The molecule has 0 aliphatic carbocycles. The quantitative estimate of drug-likeness (QED) is 0.750. The van der Waals surface area contributed by atoms with Gasteiger partial charge < -0.3 is 9.88 Å². The number of benzene rings is 1. The predicted octanol–water partition coefficient (Wildman–Crippen LogP) is 3.63. The molecule has 2 aromatic heterocycles. The summed E-state index contributed by atoms with van der Waals surface area (Å²) >= 11 is 5.74. The average Bonchev–Trinajstić information content (AvgIpc) is 2.91. The number of rotatable bonds is 3. The summed E-state index contributed by atoms with van der Waals surface area (Å²) in [5, 5.41) is 1.08. The number of aromatic amines is 1. The second-order valence-corrected chi connectivity index (χ2v) is 5.45. The molecule has 0 unspecified atom stereocenters. The summed E-state index contributed by atoms with van der Waals surface area (Å²) in [7, 11) is 1.70. The number of nitrogens with one attached hydrogen (secondary N) is 1. The van der Waals surface area contributed by atoms with Crippen molar-refractivity contribution in [2.24, 2.45) is 0 Å². The normalized spacial score (nSPS) is 10.9. The number of halogens is 2. The fourth-order valence-corrected chi connectivity index (χ4v) is 2.38. The first-order chi connectivity index (χ1) is 10.5. The largest absolute Gasteiger partial charge is 0.351 e. The predicted molar refractivity (Wildman–Crippen MR) is 83.3 cm³/mol. The number of carbonyl (C=O) groups is 1. The summed E-state index contributed by atoms with van der Waals surface area (Å²) in [6.07, 6.45) is 1.63. The molecule has 22 heavy (non-hydrogen) atoms. The van der Waals surface area contributed by atoms with E-state index in [0.717, 1.165) is 11.1 Å². The van der Waals surface area contributed by atoms with E-state index in [1.165, 1.54) is 12.1 Å². The van der Waals surface area contributed by atoms with Crippen LogP contribution in [0.15, 0.2) is 42.6 Å². The van der Waals surface area contributed by atoms with E-state index in [4.69, 9.17) is 11.6 Å². The van der Waals surface area contributed by atoms with Gasteiger partial charge in [0.2, 0.25) is 0 Å². The molecule has 112 valence electrons. The second-order valence-electron chi connectivity index (χ2n) is 5.06. The highest BCUT2D eigenvalue weighted by atomic mass is 35.5. The summed E-state index contributed by atoms with van der Waals surface area (Å²) in [5.41, 5.74) is 2.03. The Morgan fingerprint density at radius 1 is 1.32 bits per heavy atom. The van der Waals surface area contributed by atoms with E-state index in [9.17, 15) is 9.18 Å². The molecule has 1 N–H and O–H groups in total. The fourth-order valence-electron chi connectivity index (χ4n) is 2.27. The van der Waals surface area contributed by atoms with Crippen LogP contribution in [0.1, 0.15) is 16.1 Å². The van der Waals surface area contributed by atoms with Crippen LogP contribution in [-0.4, -0.2) is 27.8 Å². The molecule has 1 amide bonds. The van der Waals surface area contributed by atoms with E-state index in [1.54, 1.807) is 36.3 Å². The molecule has 2 heterocycles. The SMILES string of the molecule is CN(Cc1ccc(Cl)nc1)C(=O)c1cc2cc(F)ccc2[nH]1. The van der Waals surface area contributed by atoms with Crippen molar-refractivity contribution in [3.8, 4) is 0 Å². The van der Waals surface area contributed by atoms with Crippen molar-refractivity contribution in [3.05, 3.63) is 64.8 Å². The summed E-state index contributed by atoms with van der Waals surface area (Å²) in [6.45, 7) is 0.409. The summed E-state index contributed by atoms with van der Waals surface area (Å²) in [5.74, 6) is -0.502. The fraction of sp³-hybridized carbons (Fsp3) is 0.125. The van der Waals surface area contributed by atoms with Crippen LogP contribution in [-0.2, 0) is 6.54 Å². The van der Waals surface area contributed by atoms with Crippen molar-refractivity contribution in [1.29, 1.82) is 0 Å². The Balaban J connectivity index is 1.80. The molecular weight excluding hydrogens is 305 g/mol. The van der Waals surface area contributed by atoms with E-state index in [1.807, 2.05) is 6.07 Å². The molecule has 0 spiro atoms. The molecule has 0 radical (unpaired) electrons. The third-order valence-electron chi connectivity index (χ3n) is 3.37. The highest BCUT2D eigenvalue weighted by molar-refractivity contribution is 6.29. The minimum Gasteiger partial charge on any atom is -0.351 e. The number of hydrogen-bond acceptors (Lipinski definition) is 2. The number of aromatic nitrogens is 2. The van der Waals surface area contributed by atoms with Gasteiger partial charge >= 0.3 is 0 Å². The molecule has 6 heteroatoms. The maximum Gasteiger partial charge on any atom is 0.270 e. The lowest BCUT2D eigenvalue weighted by molar-refractivity contribution is 0.0780. The topological polar surface area (TPSA) is 49.0 Å². The third-order valence-corrected chi connectivity index (χ3v) is 3.59. The Bertz CT molecular complexity index is 829. The van der Waals surface area contributed by atoms with Gasteiger partial charge in [0.25, 0.3) is 5.91 Å². The van der Waals surface area contributed by atoms with Crippen LogP contribution in [0.5, 0.6) is 0 Å². The van der Waals surface area contributed by atoms with Crippen LogP contribution in [0.25, 0.3) is 10.9 Å². The smallest absolute Gasteiger partial charge is 0.270 e. The van der Waals surface area contributed by atoms with Crippen LogP contribution in [0.4, 0.5) is 4.39 Å². The van der Waals surface area contributed by atoms with Gasteiger partial charge in [-0.25, -0.2) is 9.37 Å². The first kappa shape index (κ1) is 14.5. The van der Waals surface area contributed by atoms with Crippen molar-refractivity contribution in [3.63, 3.8) is 0 Å². The van der Waals surface area contributed by atoms with Gasteiger partial charge in [0, 0.05) is 30.7 Å². The maximum atomic E-state index is 13.2. The lowest BCUT2D eigenvalue weighted by Gasteiger charge is -2.16. The molecule has 0 aliphatic heterocycles. The summed E-state index contributed by atoms with van der Waals surface area (Å²) in [6, 6.07) is 9.52. The van der Waals surface area contributed by atoms with Gasteiger partial charge in [-0.05, 0) is 35.9 Å². The van der Waals surface area contributed by atoms with Crippen LogP contribution < -0.4 is 0 Å². The summed E-state index contributed by atoms with van der Waals surface area (Å²) in [4.78, 5) is 21.0. The number of hydrogen-bond donors (Lipinski definition) is 1. The van der Waals surface area contributed by atoms with Gasteiger partial charge in [0.15, 0.2) is 0 Å². The van der Waals surface area contributed by atoms with Gasteiger partial charge in [-0.2, -0.15) is 0 Å². The number of H-pyrrole nitrogens is 1. The summed E-state index contributed by atoms with van der Waals surface area (Å²) < 4.78 is 13.2. The van der Waals surface area contributed by atoms with Crippen LogP contribution >= 0.6 is 11.6 Å². The van der Waals surface area contributed by atoms with Gasteiger partial charge in [-0.3, -0.25) is 4.79 Å². The van der Waals surface area contributed by atoms with Crippen LogP contribution in [0, 0.1) is 5.82 Å². The third kappa shape index (κ3) is 2.94. The van der Waals surface area contributed by atoms with Crippen molar-refractivity contribution >= 4 is 28.4 Å². The van der Waals surface area contributed by atoms with E-state index >= 15 is 0 Å². The Morgan fingerprint density at radius 2 is 2.14 bits per heavy atom. The monoisotopic (exact) mass is 317 g/mol. The molecule has 0 saturated heterocycles. The highest BCUT2D eigenvalue weighted by Crippen LogP contribution is 2.18. The van der Waals surface area contributed by atoms with Gasteiger partial charge in [-0.15, -0.1) is 0 Å². The van der Waals surface area contributed by atoms with E-state index < -0.39 is 0 Å². The molecular formula is C16H13ClFN3O. The zero-order chi connectivity index (χ0) is 15.7. The van der Waals surface area contributed by atoms with E-state index in [0.29, 0.717) is 22.8 Å². The van der Waals surface area contributed by atoms with E-state index in [-0.39, 0.29) is 11.7 Å². The van der Waals surface area contributed by atoms with Crippen LogP contribution in [0.3, 0.4) is 0 Å². The zero-order valence-corrected chi connectivity index (χ0v) is 12.6. The second kappa shape index (κ2) is 5.77. The average molecular weight is 318 g/mol. The molecule has 4 nitrogen and oxygen atoms in total. The molecule has 0 aliphatic rings. The minimum atomic E-state index is -0.328. The number of carbonyl (C=O) groups excluding carboxylic acids is 1. The molecule has 3 rings (SSSR count). The maximum absolute atomic E-state index is 13.2. The molecule has 0 fully saturated rings. The lowest BCUT2D eigenvalue weighted by atomic mass is 10.2. The van der Waals surface area contributed by atoms with Crippen molar-refractivity contribution in [2.45, 2.75) is 6.54 Å². The lowest BCUT2D eigenvalue weighted by Crippen LogP contribution is -2.26.